The van der Waals surface area contributed by atoms with Gasteiger partial charge in [0.2, 0.25) is 5.95 Å². The molecule has 3 aromatic rings. The Labute approximate surface area is 181 Å². The Kier molecular flexibility index (Phi) is 5.50. The van der Waals surface area contributed by atoms with Crippen molar-refractivity contribution in [2.45, 2.75) is 19.7 Å². The zero-order valence-corrected chi connectivity index (χ0v) is 17.2. The zero-order valence-electron chi connectivity index (χ0n) is 17.2. The number of benzene rings is 2. The van der Waals surface area contributed by atoms with E-state index in [2.05, 4.69) is 9.88 Å². The Morgan fingerprint density at radius 3 is 2.71 bits per heavy atom. The Morgan fingerprint density at radius 1 is 1.03 bits per heavy atom. The van der Waals surface area contributed by atoms with Crippen LogP contribution < -0.4 is 9.64 Å². The second-order valence-corrected chi connectivity index (χ2v) is 7.70. The molecule has 31 heavy (non-hydrogen) atoms. The highest BCUT2D eigenvalue weighted by molar-refractivity contribution is 5.94. The zero-order chi connectivity index (χ0) is 21.0. The van der Waals surface area contributed by atoms with Gasteiger partial charge in [0, 0.05) is 37.0 Å². The van der Waals surface area contributed by atoms with E-state index in [0.717, 1.165) is 29.9 Å². The number of rotatable bonds is 5. The van der Waals surface area contributed by atoms with E-state index in [-0.39, 0.29) is 5.91 Å². The summed E-state index contributed by atoms with van der Waals surface area (Å²) in [4.78, 5) is 26.3. The van der Waals surface area contributed by atoms with Gasteiger partial charge in [-0.05, 0) is 23.8 Å². The van der Waals surface area contributed by atoms with Crippen LogP contribution in [-0.2, 0) is 24.4 Å². The molecule has 0 bridgehead atoms. The summed E-state index contributed by atoms with van der Waals surface area (Å²) in [7, 11) is 0. The maximum atomic E-state index is 13.1. The highest BCUT2D eigenvalue weighted by Gasteiger charge is 2.27. The van der Waals surface area contributed by atoms with Crippen molar-refractivity contribution >= 4 is 11.9 Å². The third-order valence-electron chi connectivity index (χ3n) is 5.55. The molecule has 1 aromatic heterocycles. The van der Waals surface area contributed by atoms with Crippen LogP contribution in [0.1, 0.15) is 27.2 Å². The van der Waals surface area contributed by atoms with Gasteiger partial charge in [-0.25, -0.2) is 9.97 Å². The fraction of sp³-hybridized carbons (Fsp3) is 0.292. The SMILES string of the molecule is O=C(c1cccc(OCc2ccccc2)c1)N1Cc2cnc(N3CCOCC3)nc2C1. The number of fused-ring (bicyclic) bond motifs is 1. The van der Waals surface area contributed by atoms with Gasteiger partial charge in [-0.2, -0.15) is 0 Å². The van der Waals surface area contributed by atoms with Crippen molar-refractivity contribution in [2.75, 3.05) is 31.2 Å². The molecule has 1 saturated heterocycles. The van der Waals surface area contributed by atoms with Crippen molar-refractivity contribution in [3.05, 3.63) is 83.2 Å². The van der Waals surface area contributed by atoms with E-state index in [1.165, 1.54) is 0 Å². The van der Waals surface area contributed by atoms with E-state index < -0.39 is 0 Å². The molecule has 1 amide bonds. The molecule has 0 saturated carbocycles. The highest BCUT2D eigenvalue weighted by atomic mass is 16.5. The number of amides is 1. The van der Waals surface area contributed by atoms with Gasteiger partial charge in [0.1, 0.15) is 12.4 Å². The average Bonchev–Trinajstić information content (AvgIpc) is 3.27. The second kappa shape index (κ2) is 8.73. The maximum absolute atomic E-state index is 13.1. The van der Waals surface area contributed by atoms with Crippen LogP contribution >= 0.6 is 0 Å². The molecule has 0 aliphatic carbocycles. The number of nitrogens with zero attached hydrogens (tertiary/aromatic N) is 4. The number of carbonyl (C=O) groups excluding carboxylic acids is 1. The maximum Gasteiger partial charge on any atom is 0.254 e. The summed E-state index contributed by atoms with van der Waals surface area (Å²) in [6.45, 7) is 4.43. The summed E-state index contributed by atoms with van der Waals surface area (Å²) in [6.07, 6.45) is 1.85. The Hall–Kier alpha value is -3.45. The van der Waals surface area contributed by atoms with Gasteiger partial charge in [0.25, 0.3) is 5.91 Å². The summed E-state index contributed by atoms with van der Waals surface area (Å²) in [5.41, 5.74) is 3.62. The normalized spacial score (nSPS) is 15.6. The van der Waals surface area contributed by atoms with Gasteiger partial charge >= 0.3 is 0 Å². The van der Waals surface area contributed by atoms with Gasteiger partial charge in [-0.1, -0.05) is 36.4 Å². The number of hydrogen-bond acceptors (Lipinski definition) is 6. The molecule has 7 heteroatoms. The summed E-state index contributed by atoms with van der Waals surface area (Å²) < 4.78 is 11.3. The third-order valence-corrected chi connectivity index (χ3v) is 5.55. The first-order valence-electron chi connectivity index (χ1n) is 10.5. The van der Waals surface area contributed by atoms with Crippen molar-refractivity contribution < 1.29 is 14.3 Å². The minimum absolute atomic E-state index is 0.0314. The van der Waals surface area contributed by atoms with Crippen molar-refractivity contribution in [1.82, 2.24) is 14.9 Å². The minimum atomic E-state index is -0.0314. The van der Waals surface area contributed by atoms with E-state index in [4.69, 9.17) is 14.5 Å². The fourth-order valence-electron chi connectivity index (χ4n) is 3.84. The van der Waals surface area contributed by atoms with Crippen LogP contribution in [0.3, 0.4) is 0 Å². The van der Waals surface area contributed by atoms with E-state index in [1.54, 1.807) is 11.0 Å². The monoisotopic (exact) mass is 416 g/mol. The topological polar surface area (TPSA) is 67.8 Å². The molecular formula is C24H24N4O3. The van der Waals surface area contributed by atoms with Crippen LogP contribution in [0, 0.1) is 0 Å². The molecule has 5 rings (SSSR count). The van der Waals surface area contributed by atoms with Crippen molar-refractivity contribution in [2.24, 2.45) is 0 Å². The fourth-order valence-corrected chi connectivity index (χ4v) is 3.84. The predicted octanol–water partition coefficient (Wildman–Crippen LogP) is 3.05. The molecule has 1 fully saturated rings. The van der Waals surface area contributed by atoms with Crippen molar-refractivity contribution in [3.8, 4) is 5.75 Å². The lowest BCUT2D eigenvalue weighted by molar-refractivity contribution is 0.0750. The summed E-state index contributed by atoms with van der Waals surface area (Å²) in [5, 5.41) is 0. The van der Waals surface area contributed by atoms with Crippen LogP contribution in [0.4, 0.5) is 5.95 Å². The quantitative estimate of drug-likeness (QED) is 0.637. The molecule has 7 nitrogen and oxygen atoms in total. The van der Waals surface area contributed by atoms with E-state index in [0.29, 0.717) is 50.2 Å². The second-order valence-electron chi connectivity index (χ2n) is 7.70. The van der Waals surface area contributed by atoms with Gasteiger partial charge in [-0.3, -0.25) is 4.79 Å². The lowest BCUT2D eigenvalue weighted by atomic mass is 10.2. The molecule has 0 atom stereocenters. The molecule has 0 N–H and O–H groups in total. The highest BCUT2D eigenvalue weighted by Crippen LogP contribution is 2.25. The van der Waals surface area contributed by atoms with Crippen LogP contribution in [0.15, 0.2) is 60.8 Å². The largest absolute Gasteiger partial charge is 0.489 e. The lowest BCUT2D eigenvalue weighted by Gasteiger charge is -2.26. The van der Waals surface area contributed by atoms with Crippen molar-refractivity contribution in [1.29, 1.82) is 0 Å². The number of anilines is 1. The predicted molar refractivity (Wildman–Crippen MR) is 116 cm³/mol. The van der Waals surface area contributed by atoms with Crippen LogP contribution in [-0.4, -0.2) is 47.1 Å². The molecule has 0 radical (unpaired) electrons. The molecule has 3 heterocycles. The first kappa shape index (κ1) is 19.5. The van der Waals surface area contributed by atoms with Crippen LogP contribution in [0.2, 0.25) is 0 Å². The first-order chi connectivity index (χ1) is 15.3. The number of morpholine rings is 1. The number of aromatic nitrogens is 2. The Morgan fingerprint density at radius 2 is 1.87 bits per heavy atom. The molecule has 2 aliphatic rings. The van der Waals surface area contributed by atoms with Gasteiger partial charge < -0.3 is 19.3 Å². The lowest BCUT2D eigenvalue weighted by Crippen LogP contribution is -2.37. The number of carbonyl (C=O) groups is 1. The minimum Gasteiger partial charge on any atom is -0.489 e. The van der Waals surface area contributed by atoms with E-state index in [1.807, 2.05) is 54.7 Å². The van der Waals surface area contributed by atoms with Gasteiger partial charge in [-0.15, -0.1) is 0 Å². The first-order valence-corrected chi connectivity index (χ1v) is 10.5. The summed E-state index contributed by atoms with van der Waals surface area (Å²) >= 11 is 0. The van der Waals surface area contributed by atoms with Gasteiger partial charge in [0.05, 0.1) is 25.5 Å². The number of hydrogen-bond donors (Lipinski definition) is 0. The smallest absolute Gasteiger partial charge is 0.254 e. The van der Waals surface area contributed by atoms with E-state index in [9.17, 15) is 4.79 Å². The van der Waals surface area contributed by atoms with Crippen molar-refractivity contribution in [3.63, 3.8) is 0 Å². The molecule has 0 spiro atoms. The molecule has 0 unspecified atom stereocenters. The number of ether oxygens (including phenoxy) is 2. The van der Waals surface area contributed by atoms with Crippen LogP contribution in [0.25, 0.3) is 0 Å². The Balaban J connectivity index is 1.26. The summed E-state index contributed by atoms with van der Waals surface area (Å²) in [5.74, 6) is 1.37. The standard InChI is InChI=1S/C24H24N4O3/c29-23(19-7-4-8-21(13-19)31-17-18-5-2-1-3-6-18)28-15-20-14-25-24(26-22(20)16-28)27-9-11-30-12-10-27/h1-8,13-14H,9-12,15-17H2. The van der Waals surface area contributed by atoms with Crippen LogP contribution in [0.5, 0.6) is 5.75 Å². The van der Waals surface area contributed by atoms with Gasteiger partial charge in [0.15, 0.2) is 0 Å². The summed E-state index contributed by atoms with van der Waals surface area (Å²) in [6, 6.07) is 17.3. The molecule has 2 aromatic carbocycles. The molecule has 2 aliphatic heterocycles. The third kappa shape index (κ3) is 4.36. The van der Waals surface area contributed by atoms with E-state index >= 15 is 0 Å². The molecular weight excluding hydrogens is 392 g/mol. The Bertz CT molecular complexity index is 1070. The molecule has 158 valence electrons. The average molecular weight is 416 g/mol.